The first kappa shape index (κ1) is 23.1. The Hall–Kier alpha value is -4.12. The number of hydrogen-bond acceptors (Lipinski definition) is 9. The van der Waals surface area contributed by atoms with E-state index in [0.717, 1.165) is 5.56 Å². The number of hydrogen-bond donors (Lipinski definition) is 2. The fraction of sp³-hybridized carbons (Fsp3) is 0.174. The van der Waals surface area contributed by atoms with Crippen molar-refractivity contribution in [3.63, 3.8) is 0 Å². The molecule has 0 saturated heterocycles. The van der Waals surface area contributed by atoms with Gasteiger partial charge in [-0.15, -0.1) is 11.8 Å². The minimum atomic E-state index is -0.418. The number of amides is 1. The number of rotatable bonds is 8. The topological polar surface area (TPSA) is 138 Å². The van der Waals surface area contributed by atoms with E-state index < -0.39 is 5.97 Å². The third-order valence-electron chi connectivity index (χ3n) is 4.80. The molecule has 10 nitrogen and oxygen atoms in total. The van der Waals surface area contributed by atoms with E-state index in [9.17, 15) is 9.59 Å². The van der Waals surface area contributed by atoms with Gasteiger partial charge in [0.1, 0.15) is 23.0 Å². The molecule has 2 aromatic carbocycles. The highest BCUT2D eigenvalue weighted by molar-refractivity contribution is 7.98. The highest BCUT2D eigenvalue weighted by atomic mass is 32.2. The van der Waals surface area contributed by atoms with Crippen molar-refractivity contribution in [2.75, 3.05) is 23.9 Å². The van der Waals surface area contributed by atoms with Gasteiger partial charge in [0, 0.05) is 11.3 Å². The van der Waals surface area contributed by atoms with Crippen LogP contribution in [0.3, 0.4) is 0 Å². The minimum Gasteiger partial charge on any atom is -0.462 e. The molecule has 0 unspecified atom stereocenters. The van der Waals surface area contributed by atoms with Crippen LogP contribution in [0.25, 0.3) is 22.8 Å². The second-order valence-corrected chi connectivity index (χ2v) is 7.86. The first-order chi connectivity index (χ1) is 16.5. The van der Waals surface area contributed by atoms with E-state index in [1.54, 1.807) is 31.2 Å². The number of aromatic nitrogens is 4. The number of nitrogens with zero attached hydrogens (tertiary/aromatic N) is 4. The van der Waals surface area contributed by atoms with Crippen LogP contribution in [-0.4, -0.2) is 44.7 Å². The van der Waals surface area contributed by atoms with Crippen molar-refractivity contribution < 1.29 is 18.8 Å². The Kier molecular flexibility index (Phi) is 6.93. The van der Waals surface area contributed by atoms with Crippen LogP contribution in [0.5, 0.6) is 0 Å². The molecule has 0 aliphatic carbocycles. The summed E-state index contributed by atoms with van der Waals surface area (Å²) < 4.78 is 11.8. The number of thioether (sulfide) groups is 1. The Balaban J connectivity index is 1.50. The van der Waals surface area contributed by atoms with Gasteiger partial charge in [-0.3, -0.25) is 4.79 Å². The molecule has 0 aliphatic heterocycles. The van der Waals surface area contributed by atoms with Crippen molar-refractivity contribution in [1.82, 2.24) is 19.9 Å². The largest absolute Gasteiger partial charge is 0.462 e. The van der Waals surface area contributed by atoms with E-state index in [-0.39, 0.29) is 24.2 Å². The highest BCUT2D eigenvalue weighted by Crippen LogP contribution is 2.34. The van der Waals surface area contributed by atoms with Gasteiger partial charge in [0.2, 0.25) is 11.7 Å². The maximum absolute atomic E-state index is 12.6. The average molecular weight is 479 g/mol. The standard InChI is InChI=1S/C23H22N6O4S/c1-3-32-23(31)15-9-11-16(12-10-15)25-17(30)13-29-19(24)18(22(27-29)34-2)21-26-20(28-33-21)14-7-5-4-6-8-14/h4-12H,3,13,24H2,1-2H3,(H,25,30). The number of benzene rings is 2. The molecule has 1 amide bonds. The summed E-state index contributed by atoms with van der Waals surface area (Å²) in [5, 5.41) is 11.8. The van der Waals surface area contributed by atoms with Gasteiger partial charge in [-0.2, -0.15) is 10.1 Å². The summed E-state index contributed by atoms with van der Waals surface area (Å²) in [6.45, 7) is 1.90. The SMILES string of the molecule is CCOC(=O)c1ccc(NC(=O)Cn2nc(SC)c(-c3nc(-c4ccccc4)no3)c2N)cc1. The van der Waals surface area contributed by atoms with E-state index in [1.165, 1.54) is 16.4 Å². The van der Waals surface area contributed by atoms with Crippen LogP contribution in [0.15, 0.2) is 64.1 Å². The maximum atomic E-state index is 12.6. The summed E-state index contributed by atoms with van der Waals surface area (Å²) in [7, 11) is 0. The molecule has 4 aromatic rings. The van der Waals surface area contributed by atoms with E-state index in [0.29, 0.717) is 34.3 Å². The molecule has 0 radical (unpaired) electrons. The molecule has 34 heavy (non-hydrogen) atoms. The van der Waals surface area contributed by atoms with Gasteiger partial charge >= 0.3 is 5.97 Å². The summed E-state index contributed by atoms with van der Waals surface area (Å²) in [4.78, 5) is 28.8. The van der Waals surface area contributed by atoms with E-state index in [4.69, 9.17) is 15.0 Å². The molecule has 0 spiro atoms. The average Bonchev–Trinajstić information content (AvgIpc) is 3.45. The Morgan fingerprint density at radius 2 is 1.88 bits per heavy atom. The van der Waals surface area contributed by atoms with Crippen molar-refractivity contribution >= 4 is 35.1 Å². The number of nitrogen functional groups attached to an aromatic ring is 1. The predicted molar refractivity (Wildman–Crippen MR) is 128 cm³/mol. The molecule has 0 saturated carbocycles. The summed E-state index contributed by atoms with van der Waals surface area (Å²) >= 11 is 1.35. The van der Waals surface area contributed by atoms with E-state index in [1.807, 2.05) is 36.6 Å². The third kappa shape index (κ3) is 4.94. The van der Waals surface area contributed by atoms with Crippen LogP contribution < -0.4 is 11.1 Å². The van der Waals surface area contributed by atoms with Crippen LogP contribution in [-0.2, 0) is 16.1 Å². The van der Waals surface area contributed by atoms with Crippen molar-refractivity contribution in [3.8, 4) is 22.8 Å². The van der Waals surface area contributed by atoms with Crippen molar-refractivity contribution in [1.29, 1.82) is 0 Å². The van der Waals surface area contributed by atoms with Crippen LogP contribution >= 0.6 is 11.8 Å². The monoisotopic (exact) mass is 478 g/mol. The van der Waals surface area contributed by atoms with Gasteiger partial charge in [0.05, 0.1) is 12.2 Å². The normalized spacial score (nSPS) is 10.8. The van der Waals surface area contributed by atoms with Gasteiger partial charge in [0.15, 0.2) is 0 Å². The summed E-state index contributed by atoms with van der Waals surface area (Å²) in [5.41, 5.74) is 8.53. The molecular formula is C23H22N6O4S. The highest BCUT2D eigenvalue weighted by Gasteiger charge is 2.23. The Morgan fingerprint density at radius 1 is 1.15 bits per heavy atom. The molecule has 4 rings (SSSR count). The van der Waals surface area contributed by atoms with Crippen LogP contribution in [0.2, 0.25) is 0 Å². The summed E-state index contributed by atoms with van der Waals surface area (Å²) in [5.74, 6) is 0.132. The quantitative estimate of drug-likeness (QED) is 0.286. The zero-order valence-electron chi connectivity index (χ0n) is 18.5. The van der Waals surface area contributed by atoms with Crippen LogP contribution in [0.1, 0.15) is 17.3 Å². The number of carbonyl (C=O) groups is 2. The molecule has 0 fully saturated rings. The lowest BCUT2D eigenvalue weighted by Crippen LogP contribution is -2.20. The zero-order valence-corrected chi connectivity index (χ0v) is 19.3. The van der Waals surface area contributed by atoms with Gasteiger partial charge in [0.25, 0.3) is 5.89 Å². The molecular weight excluding hydrogens is 456 g/mol. The van der Waals surface area contributed by atoms with E-state index >= 15 is 0 Å². The third-order valence-corrected chi connectivity index (χ3v) is 5.47. The fourth-order valence-electron chi connectivity index (χ4n) is 3.19. The molecule has 0 aliphatic rings. The lowest BCUT2D eigenvalue weighted by atomic mass is 10.2. The van der Waals surface area contributed by atoms with Crippen molar-refractivity contribution in [2.45, 2.75) is 18.5 Å². The number of nitrogens with one attached hydrogen (secondary N) is 1. The number of nitrogens with two attached hydrogens (primary N) is 1. The summed E-state index contributed by atoms with van der Waals surface area (Å²) in [6, 6.07) is 15.8. The van der Waals surface area contributed by atoms with Crippen molar-refractivity contribution in [3.05, 3.63) is 60.2 Å². The van der Waals surface area contributed by atoms with Crippen LogP contribution in [0.4, 0.5) is 11.5 Å². The van der Waals surface area contributed by atoms with Crippen LogP contribution in [0, 0.1) is 0 Å². The van der Waals surface area contributed by atoms with Gasteiger partial charge in [-0.05, 0) is 37.4 Å². The minimum absolute atomic E-state index is 0.126. The van der Waals surface area contributed by atoms with Crippen molar-refractivity contribution in [2.24, 2.45) is 0 Å². The van der Waals surface area contributed by atoms with E-state index in [2.05, 4.69) is 20.6 Å². The van der Waals surface area contributed by atoms with Gasteiger partial charge in [-0.25, -0.2) is 9.48 Å². The molecule has 2 heterocycles. The number of anilines is 2. The smallest absolute Gasteiger partial charge is 0.338 e. The summed E-state index contributed by atoms with van der Waals surface area (Å²) in [6.07, 6.45) is 1.84. The second kappa shape index (κ2) is 10.2. The Morgan fingerprint density at radius 3 is 2.56 bits per heavy atom. The first-order valence-corrected chi connectivity index (χ1v) is 11.6. The second-order valence-electron chi connectivity index (χ2n) is 7.06. The maximum Gasteiger partial charge on any atom is 0.338 e. The zero-order chi connectivity index (χ0) is 24.1. The number of esters is 1. The molecule has 0 bridgehead atoms. The fourth-order valence-corrected chi connectivity index (χ4v) is 3.76. The number of carbonyl (C=O) groups excluding carboxylic acids is 2. The Bertz CT molecular complexity index is 1300. The molecule has 0 atom stereocenters. The first-order valence-electron chi connectivity index (χ1n) is 10.4. The molecule has 11 heteroatoms. The molecule has 2 aromatic heterocycles. The van der Waals surface area contributed by atoms with Gasteiger partial charge in [-0.1, -0.05) is 35.5 Å². The number of ether oxygens (including phenoxy) is 1. The molecule has 3 N–H and O–H groups in total. The predicted octanol–water partition coefficient (Wildman–Crippen LogP) is 3.72. The van der Waals surface area contributed by atoms with Gasteiger partial charge < -0.3 is 20.3 Å². The Labute approximate surface area is 199 Å². The lowest BCUT2D eigenvalue weighted by Gasteiger charge is -2.07. The molecule has 174 valence electrons. The lowest BCUT2D eigenvalue weighted by molar-refractivity contribution is -0.116.